The van der Waals surface area contributed by atoms with Crippen LogP contribution in [0.5, 0.6) is 5.75 Å². The zero-order chi connectivity index (χ0) is 18.1. The molecule has 6 nitrogen and oxygen atoms in total. The Labute approximate surface area is 161 Å². The molecule has 4 N–H and O–H groups in total. The lowest BCUT2D eigenvalue weighted by atomic mass is 9.71. The predicted octanol–water partition coefficient (Wildman–Crippen LogP) is 2.15. The molecule has 0 heterocycles. The van der Waals surface area contributed by atoms with Gasteiger partial charge in [-0.3, -0.25) is 9.59 Å². The number of nitrogens with two attached hydrogens (primary N) is 1. The topological polar surface area (TPSA) is 93.5 Å². The molecule has 1 saturated carbocycles. The molecule has 146 valence electrons. The first-order valence-electron chi connectivity index (χ1n) is 8.93. The number of amides is 2. The van der Waals surface area contributed by atoms with E-state index in [1.165, 1.54) is 6.42 Å². The highest BCUT2D eigenvalue weighted by Crippen LogP contribution is 2.38. The fourth-order valence-electron chi connectivity index (χ4n) is 3.34. The van der Waals surface area contributed by atoms with Gasteiger partial charge in [0.05, 0.1) is 13.7 Å². The van der Waals surface area contributed by atoms with Crippen molar-refractivity contribution >= 4 is 24.2 Å². The van der Waals surface area contributed by atoms with Crippen molar-refractivity contribution in [2.75, 3.05) is 20.2 Å². The van der Waals surface area contributed by atoms with Crippen molar-refractivity contribution in [2.24, 2.45) is 11.1 Å². The molecule has 0 unspecified atom stereocenters. The van der Waals surface area contributed by atoms with Crippen molar-refractivity contribution in [3.8, 4) is 5.75 Å². The van der Waals surface area contributed by atoms with Gasteiger partial charge in [0.25, 0.3) is 0 Å². The second-order valence-electron chi connectivity index (χ2n) is 6.84. The van der Waals surface area contributed by atoms with Crippen LogP contribution in [0, 0.1) is 5.41 Å². The summed E-state index contributed by atoms with van der Waals surface area (Å²) in [7, 11) is 1.61. The number of hydrogen-bond donors (Lipinski definition) is 3. The molecule has 2 amide bonds. The minimum atomic E-state index is -0.199. The maximum Gasteiger partial charge on any atom is 0.239 e. The third-order valence-corrected chi connectivity index (χ3v) is 4.98. The van der Waals surface area contributed by atoms with Gasteiger partial charge in [-0.2, -0.15) is 0 Å². The fourth-order valence-corrected chi connectivity index (χ4v) is 3.34. The lowest BCUT2D eigenvalue weighted by molar-refractivity contribution is -0.127. The molecule has 0 aliphatic heterocycles. The second-order valence-corrected chi connectivity index (χ2v) is 6.84. The summed E-state index contributed by atoms with van der Waals surface area (Å²) in [6.07, 6.45) is 5.90. The molecule has 0 aromatic heterocycles. The van der Waals surface area contributed by atoms with E-state index in [1.807, 2.05) is 24.3 Å². The Morgan fingerprint density at radius 2 is 1.73 bits per heavy atom. The monoisotopic (exact) mass is 383 g/mol. The summed E-state index contributed by atoms with van der Waals surface area (Å²) in [5.74, 6) is 0.487. The molecule has 7 heteroatoms. The smallest absolute Gasteiger partial charge is 0.239 e. The summed E-state index contributed by atoms with van der Waals surface area (Å²) in [4.78, 5) is 24.1. The molecule has 1 aromatic rings. The van der Waals surface area contributed by atoms with Crippen LogP contribution in [0.3, 0.4) is 0 Å². The molecule has 0 atom stereocenters. The largest absolute Gasteiger partial charge is 0.497 e. The summed E-state index contributed by atoms with van der Waals surface area (Å²) >= 11 is 0. The standard InChI is InChI=1S/C19H29N3O3.ClH/c1-25-16-7-5-15(6-8-16)12-21-18(24)13-22-17(23)11-19(14-20)9-3-2-4-10-19;/h5-8H,2-4,9-14,20H2,1H3,(H,21,24)(H,22,23);1H. The van der Waals surface area contributed by atoms with Gasteiger partial charge in [-0.15, -0.1) is 12.4 Å². The van der Waals surface area contributed by atoms with Crippen molar-refractivity contribution in [2.45, 2.75) is 45.1 Å². The Morgan fingerprint density at radius 1 is 1.08 bits per heavy atom. The maximum atomic E-state index is 12.2. The second kappa shape index (κ2) is 11.0. The minimum absolute atomic E-state index is 0. The Kier molecular flexibility index (Phi) is 9.44. The van der Waals surface area contributed by atoms with Gasteiger partial charge in [-0.25, -0.2) is 0 Å². The summed E-state index contributed by atoms with van der Waals surface area (Å²) < 4.78 is 5.10. The Balaban J connectivity index is 0.00000338. The van der Waals surface area contributed by atoms with Gasteiger partial charge in [0.1, 0.15) is 5.75 Å². The van der Waals surface area contributed by atoms with Crippen LogP contribution in [-0.2, 0) is 16.1 Å². The van der Waals surface area contributed by atoms with Crippen molar-refractivity contribution in [3.05, 3.63) is 29.8 Å². The molecule has 1 aromatic carbocycles. The fraction of sp³-hybridized carbons (Fsp3) is 0.579. The molecule has 0 bridgehead atoms. The van der Waals surface area contributed by atoms with Gasteiger partial charge in [0, 0.05) is 13.0 Å². The van der Waals surface area contributed by atoms with Crippen molar-refractivity contribution in [1.29, 1.82) is 0 Å². The zero-order valence-corrected chi connectivity index (χ0v) is 16.2. The van der Waals surface area contributed by atoms with Gasteiger partial charge < -0.3 is 21.1 Å². The molecule has 26 heavy (non-hydrogen) atoms. The van der Waals surface area contributed by atoms with Crippen molar-refractivity contribution in [3.63, 3.8) is 0 Å². The molecule has 0 saturated heterocycles. The number of hydrogen-bond acceptors (Lipinski definition) is 4. The van der Waals surface area contributed by atoms with Crippen molar-refractivity contribution in [1.82, 2.24) is 10.6 Å². The zero-order valence-electron chi connectivity index (χ0n) is 15.4. The Hall–Kier alpha value is -1.79. The van der Waals surface area contributed by atoms with E-state index in [0.717, 1.165) is 37.0 Å². The average molecular weight is 384 g/mol. The summed E-state index contributed by atoms with van der Waals surface area (Å²) in [6.45, 7) is 0.950. The Morgan fingerprint density at radius 3 is 2.31 bits per heavy atom. The van der Waals surface area contributed by atoms with Crippen LogP contribution < -0.4 is 21.1 Å². The van der Waals surface area contributed by atoms with E-state index in [0.29, 0.717) is 19.5 Å². The van der Waals surface area contributed by atoms with Gasteiger partial charge in [-0.05, 0) is 42.5 Å². The SMILES string of the molecule is COc1ccc(CNC(=O)CNC(=O)CC2(CN)CCCCC2)cc1.Cl. The first-order chi connectivity index (χ1) is 12.1. The molecule has 0 spiro atoms. The number of rotatable bonds is 8. The quantitative estimate of drug-likeness (QED) is 0.641. The van der Waals surface area contributed by atoms with E-state index < -0.39 is 0 Å². The van der Waals surface area contributed by atoms with Crippen LogP contribution in [0.2, 0.25) is 0 Å². The van der Waals surface area contributed by atoms with Gasteiger partial charge in [0.2, 0.25) is 11.8 Å². The summed E-state index contributed by atoms with van der Waals surface area (Å²) in [6, 6.07) is 7.48. The van der Waals surface area contributed by atoms with E-state index in [1.54, 1.807) is 7.11 Å². The number of nitrogens with one attached hydrogen (secondary N) is 2. The van der Waals surface area contributed by atoms with Crippen LogP contribution in [0.25, 0.3) is 0 Å². The molecule has 0 radical (unpaired) electrons. The number of methoxy groups -OCH3 is 1. The molecular weight excluding hydrogens is 354 g/mol. The molecule has 2 rings (SSSR count). The highest BCUT2D eigenvalue weighted by atomic mass is 35.5. The average Bonchev–Trinajstić information content (AvgIpc) is 2.66. The third kappa shape index (κ3) is 6.84. The Bertz CT molecular complexity index is 572. The summed E-state index contributed by atoms with van der Waals surface area (Å²) in [5.41, 5.74) is 6.80. The maximum absolute atomic E-state index is 12.2. The van der Waals surface area contributed by atoms with E-state index in [9.17, 15) is 9.59 Å². The van der Waals surface area contributed by atoms with Gasteiger partial charge in [-0.1, -0.05) is 31.4 Å². The summed E-state index contributed by atoms with van der Waals surface area (Å²) in [5, 5.41) is 5.52. The highest BCUT2D eigenvalue weighted by Gasteiger charge is 2.32. The van der Waals surface area contributed by atoms with Crippen LogP contribution in [0.15, 0.2) is 24.3 Å². The number of benzene rings is 1. The van der Waals surface area contributed by atoms with Crippen LogP contribution in [0.4, 0.5) is 0 Å². The normalized spacial score (nSPS) is 15.5. The van der Waals surface area contributed by atoms with Gasteiger partial charge >= 0.3 is 0 Å². The highest BCUT2D eigenvalue weighted by molar-refractivity contribution is 5.85. The third-order valence-electron chi connectivity index (χ3n) is 4.98. The molecule has 1 aliphatic carbocycles. The van der Waals surface area contributed by atoms with Crippen molar-refractivity contribution < 1.29 is 14.3 Å². The first-order valence-corrected chi connectivity index (χ1v) is 8.93. The number of carbonyl (C=O) groups is 2. The number of ether oxygens (including phenoxy) is 1. The molecule has 1 fully saturated rings. The molecular formula is C19H30ClN3O3. The first kappa shape index (κ1) is 22.3. The predicted molar refractivity (Wildman–Crippen MR) is 104 cm³/mol. The van der Waals surface area contributed by atoms with Crippen LogP contribution in [-0.4, -0.2) is 32.0 Å². The lowest BCUT2D eigenvalue weighted by Crippen LogP contribution is -2.41. The van der Waals surface area contributed by atoms with E-state index in [4.69, 9.17) is 10.5 Å². The van der Waals surface area contributed by atoms with Crippen LogP contribution in [0.1, 0.15) is 44.1 Å². The number of carbonyl (C=O) groups excluding carboxylic acids is 2. The number of halogens is 1. The van der Waals surface area contributed by atoms with E-state index in [2.05, 4.69) is 10.6 Å². The molecule has 1 aliphatic rings. The van der Waals surface area contributed by atoms with E-state index >= 15 is 0 Å². The lowest BCUT2D eigenvalue weighted by Gasteiger charge is -2.35. The minimum Gasteiger partial charge on any atom is -0.497 e. The van der Waals surface area contributed by atoms with E-state index in [-0.39, 0.29) is 36.2 Å². The van der Waals surface area contributed by atoms with Crippen LogP contribution >= 0.6 is 12.4 Å². The van der Waals surface area contributed by atoms with Gasteiger partial charge in [0.15, 0.2) is 0 Å².